The van der Waals surface area contributed by atoms with Crippen LogP contribution in [0.2, 0.25) is 0 Å². The quantitative estimate of drug-likeness (QED) is 0.637. The van der Waals surface area contributed by atoms with Crippen LogP contribution in [0.25, 0.3) is 0 Å². The fraction of sp³-hybridized carbons (Fsp3) is 0.444. The van der Waals surface area contributed by atoms with Gasteiger partial charge in [0.2, 0.25) is 5.79 Å². The standard InChI is InChI=1S/C18H22N2O4/c1-17(2)15(20-11-19-10-14(20)16(21)22-3)12-8-6-7-9-13(12)18(17,23-4)24-5/h6-11,15H,1-5H3. The van der Waals surface area contributed by atoms with Crippen molar-refractivity contribution < 1.29 is 19.0 Å². The number of fused-ring (bicyclic) bond motifs is 1. The van der Waals surface area contributed by atoms with Crippen molar-refractivity contribution in [3.63, 3.8) is 0 Å². The van der Waals surface area contributed by atoms with Gasteiger partial charge in [-0.25, -0.2) is 9.78 Å². The Morgan fingerprint density at radius 3 is 2.46 bits per heavy atom. The maximum atomic E-state index is 12.1. The van der Waals surface area contributed by atoms with Crippen molar-refractivity contribution in [3.8, 4) is 0 Å². The van der Waals surface area contributed by atoms with E-state index in [2.05, 4.69) is 18.8 Å². The summed E-state index contributed by atoms with van der Waals surface area (Å²) in [5.41, 5.74) is 1.89. The van der Waals surface area contributed by atoms with Gasteiger partial charge >= 0.3 is 5.97 Å². The van der Waals surface area contributed by atoms with Gasteiger partial charge in [-0.3, -0.25) is 0 Å². The van der Waals surface area contributed by atoms with Crippen LogP contribution < -0.4 is 0 Å². The van der Waals surface area contributed by atoms with Gasteiger partial charge in [0.1, 0.15) is 5.69 Å². The number of carbonyl (C=O) groups is 1. The van der Waals surface area contributed by atoms with Crippen LogP contribution in [0, 0.1) is 5.41 Å². The zero-order chi connectivity index (χ0) is 17.5. The van der Waals surface area contributed by atoms with Crippen LogP contribution in [0.4, 0.5) is 0 Å². The molecule has 0 bridgehead atoms. The Balaban J connectivity index is 2.26. The molecule has 1 aromatic carbocycles. The number of esters is 1. The van der Waals surface area contributed by atoms with E-state index in [9.17, 15) is 4.79 Å². The molecule has 1 aliphatic carbocycles. The zero-order valence-corrected chi connectivity index (χ0v) is 14.6. The van der Waals surface area contributed by atoms with Crippen molar-refractivity contribution in [1.82, 2.24) is 9.55 Å². The third-order valence-electron chi connectivity index (χ3n) is 5.06. The van der Waals surface area contributed by atoms with Crippen LogP contribution in [0.15, 0.2) is 36.8 Å². The van der Waals surface area contributed by atoms with Gasteiger partial charge in [-0.2, -0.15) is 0 Å². The third kappa shape index (κ3) is 1.96. The Morgan fingerprint density at radius 2 is 1.83 bits per heavy atom. The first-order valence-electron chi connectivity index (χ1n) is 7.74. The summed E-state index contributed by atoms with van der Waals surface area (Å²) in [6.07, 6.45) is 3.17. The van der Waals surface area contributed by atoms with Crippen molar-refractivity contribution in [2.24, 2.45) is 5.41 Å². The minimum atomic E-state index is -0.925. The van der Waals surface area contributed by atoms with Gasteiger partial charge in [0.25, 0.3) is 0 Å². The highest BCUT2D eigenvalue weighted by Gasteiger charge is 2.60. The molecule has 0 aliphatic heterocycles. The summed E-state index contributed by atoms with van der Waals surface area (Å²) in [5.74, 6) is -1.35. The van der Waals surface area contributed by atoms with Crippen molar-refractivity contribution in [2.45, 2.75) is 25.7 Å². The molecule has 24 heavy (non-hydrogen) atoms. The van der Waals surface area contributed by atoms with Crippen LogP contribution in [0.3, 0.4) is 0 Å². The van der Waals surface area contributed by atoms with Gasteiger partial charge in [0.05, 0.1) is 25.7 Å². The normalized spacial score (nSPS) is 20.6. The molecular formula is C18H22N2O4. The summed E-state index contributed by atoms with van der Waals surface area (Å²) in [4.78, 5) is 16.3. The number of imidazole rings is 1. The van der Waals surface area contributed by atoms with Crippen LogP contribution in [-0.4, -0.2) is 36.8 Å². The van der Waals surface area contributed by atoms with E-state index in [-0.39, 0.29) is 6.04 Å². The summed E-state index contributed by atoms with van der Waals surface area (Å²) < 4.78 is 18.5. The number of ether oxygens (including phenoxy) is 3. The molecule has 0 saturated carbocycles. The molecule has 6 nitrogen and oxygen atoms in total. The first-order chi connectivity index (χ1) is 11.4. The van der Waals surface area contributed by atoms with Gasteiger partial charge in [-0.15, -0.1) is 0 Å². The highest BCUT2D eigenvalue weighted by molar-refractivity contribution is 5.87. The molecule has 0 saturated heterocycles. The van der Waals surface area contributed by atoms with E-state index in [4.69, 9.17) is 14.2 Å². The molecule has 1 atom stereocenters. The molecule has 0 N–H and O–H groups in total. The Bertz CT molecular complexity index is 762. The lowest BCUT2D eigenvalue weighted by atomic mass is 9.80. The van der Waals surface area contributed by atoms with E-state index >= 15 is 0 Å². The van der Waals surface area contributed by atoms with Crippen LogP contribution in [0.1, 0.15) is 41.5 Å². The number of hydrogen-bond acceptors (Lipinski definition) is 5. The smallest absolute Gasteiger partial charge is 0.356 e. The largest absolute Gasteiger partial charge is 0.464 e. The first kappa shape index (κ1) is 16.7. The number of methoxy groups -OCH3 is 3. The van der Waals surface area contributed by atoms with Crippen LogP contribution in [-0.2, 0) is 20.0 Å². The molecule has 0 spiro atoms. The topological polar surface area (TPSA) is 62.6 Å². The van der Waals surface area contributed by atoms with Gasteiger partial charge in [-0.05, 0) is 5.56 Å². The van der Waals surface area contributed by atoms with E-state index in [0.29, 0.717) is 5.69 Å². The highest BCUT2D eigenvalue weighted by atomic mass is 16.7. The van der Waals surface area contributed by atoms with Crippen molar-refractivity contribution >= 4 is 5.97 Å². The van der Waals surface area contributed by atoms with Gasteiger partial charge in [-0.1, -0.05) is 38.1 Å². The molecular weight excluding hydrogens is 308 g/mol. The summed E-state index contributed by atoms with van der Waals surface area (Å²) >= 11 is 0. The summed E-state index contributed by atoms with van der Waals surface area (Å²) in [5, 5.41) is 0. The average molecular weight is 330 g/mol. The predicted octanol–water partition coefficient (Wildman–Crippen LogP) is 2.74. The second-order valence-electron chi connectivity index (χ2n) is 6.41. The molecule has 1 heterocycles. The van der Waals surface area contributed by atoms with Crippen molar-refractivity contribution in [2.75, 3.05) is 21.3 Å². The maximum absolute atomic E-state index is 12.1. The zero-order valence-electron chi connectivity index (χ0n) is 14.6. The average Bonchev–Trinajstić information content (AvgIpc) is 3.12. The molecule has 0 amide bonds. The fourth-order valence-electron chi connectivity index (χ4n) is 4.05. The molecule has 6 heteroatoms. The predicted molar refractivity (Wildman–Crippen MR) is 87.6 cm³/mol. The summed E-state index contributed by atoms with van der Waals surface area (Å²) in [6.45, 7) is 4.12. The Kier molecular flexibility index (Phi) is 3.97. The number of rotatable bonds is 4. The van der Waals surface area contributed by atoms with Crippen molar-refractivity contribution in [3.05, 3.63) is 53.6 Å². The van der Waals surface area contributed by atoms with E-state index in [0.717, 1.165) is 11.1 Å². The summed E-state index contributed by atoms with van der Waals surface area (Å²) in [6, 6.07) is 7.77. The SMILES string of the molecule is COC(=O)c1cncn1C1c2ccccc2C(OC)(OC)C1(C)C. The molecule has 3 rings (SSSR count). The summed E-state index contributed by atoms with van der Waals surface area (Å²) in [7, 11) is 4.64. The monoisotopic (exact) mass is 330 g/mol. The van der Waals surface area contributed by atoms with Crippen LogP contribution in [0.5, 0.6) is 0 Å². The number of aromatic nitrogens is 2. The molecule has 1 unspecified atom stereocenters. The van der Waals surface area contributed by atoms with E-state index in [1.807, 2.05) is 28.8 Å². The van der Waals surface area contributed by atoms with E-state index < -0.39 is 17.2 Å². The second-order valence-corrected chi connectivity index (χ2v) is 6.41. The number of hydrogen-bond donors (Lipinski definition) is 0. The first-order valence-corrected chi connectivity index (χ1v) is 7.74. The minimum Gasteiger partial charge on any atom is -0.464 e. The Labute approximate surface area is 141 Å². The number of carbonyl (C=O) groups excluding carboxylic acids is 1. The fourth-order valence-corrected chi connectivity index (χ4v) is 4.05. The minimum absolute atomic E-state index is 0.190. The molecule has 1 aromatic heterocycles. The molecule has 128 valence electrons. The van der Waals surface area contributed by atoms with Gasteiger partial charge in [0.15, 0.2) is 0 Å². The molecule has 1 aliphatic rings. The lowest BCUT2D eigenvalue weighted by molar-refractivity contribution is -0.276. The number of benzene rings is 1. The Morgan fingerprint density at radius 1 is 1.17 bits per heavy atom. The second kappa shape index (κ2) is 5.72. The highest BCUT2D eigenvalue weighted by Crippen LogP contribution is 2.59. The molecule has 0 radical (unpaired) electrons. The number of nitrogens with zero attached hydrogens (tertiary/aromatic N) is 2. The maximum Gasteiger partial charge on any atom is 0.356 e. The van der Waals surface area contributed by atoms with Gasteiger partial charge < -0.3 is 18.8 Å². The van der Waals surface area contributed by atoms with Crippen molar-refractivity contribution in [1.29, 1.82) is 0 Å². The Hall–Kier alpha value is -2.18. The van der Waals surface area contributed by atoms with E-state index in [1.54, 1.807) is 20.5 Å². The molecule has 0 fully saturated rings. The lowest BCUT2D eigenvalue weighted by Gasteiger charge is -2.42. The molecule has 2 aromatic rings. The third-order valence-corrected chi connectivity index (χ3v) is 5.06. The van der Waals surface area contributed by atoms with Gasteiger partial charge in [0, 0.05) is 25.2 Å². The lowest BCUT2D eigenvalue weighted by Crippen LogP contribution is -2.45. The van der Waals surface area contributed by atoms with E-state index in [1.165, 1.54) is 13.3 Å². The van der Waals surface area contributed by atoms with Crippen LogP contribution >= 0.6 is 0 Å².